The van der Waals surface area contributed by atoms with Gasteiger partial charge in [-0.1, -0.05) is 0 Å². The highest BCUT2D eigenvalue weighted by molar-refractivity contribution is 6.60. The number of carbonyl (C=O) groups is 2. The van der Waals surface area contributed by atoms with Gasteiger partial charge < -0.3 is 33.8 Å². The molecule has 124 valence electrons. The zero-order valence-electron chi connectivity index (χ0n) is 12.9. The van der Waals surface area contributed by atoms with Crippen molar-refractivity contribution in [2.24, 2.45) is 0 Å². The molecule has 2 amide bonds. The predicted octanol–water partition coefficient (Wildman–Crippen LogP) is -0.526. The number of urea groups is 1. The maximum absolute atomic E-state index is 11.3. The SMILES string of the molecule is CCO[Si](CCCNC(=O)NCC(=O)[O-])(OCC)OCC. The number of hydrogen-bond acceptors (Lipinski definition) is 6. The molecule has 0 aromatic carbocycles. The van der Waals surface area contributed by atoms with Crippen molar-refractivity contribution in [3.8, 4) is 0 Å². The maximum Gasteiger partial charge on any atom is 0.500 e. The van der Waals surface area contributed by atoms with E-state index in [0.717, 1.165) is 0 Å². The Kier molecular flexibility index (Phi) is 10.9. The summed E-state index contributed by atoms with van der Waals surface area (Å²) in [5, 5.41) is 14.9. The van der Waals surface area contributed by atoms with Crippen LogP contribution in [-0.2, 0) is 18.1 Å². The lowest BCUT2D eigenvalue weighted by atomic mass is 10.5. The molecule has 0 aromatic rings. The van der Waals surface area contributed by atoms with E-state index in [0.29, 0.717) is 38.8 Å². The summed E-state index contributed by atoms with van der Waals surface area (Å²) in [7, 11) is -2.68. The van der Waals surface area contributed by atoms with Gasteiger partial charge in [0.25, 0.3) is 0 Å². The molecular formula is C12H25N2O6Si-. The number of nitrogens with one attached hydrogen (secondary N) is 2. The van der Waals surface area contributed by atoms with Crippen LogP contribution in [0.4, 0.5) is 4.79 Å². The van der Waals surface area contributed by atoms with Gasteiger partial charge in [0.05, 0.1) is 12.5 Å². The summed E-state index contributed by atoms with van der Waals surface area (Å²) in [5.74, 6) is -1.33. The second-order valence-electron chi connectivity index (χ2n) is 4.07. The van der Waals surface area contributed by atoms with Gasteiger partial charge in [-0.3, -0.25) is 0 Å². The van der Waals surface area contributed by atoms with Crippen molar-refractivity contribution in [2.75, 3.05) is 32.9 Å². The second-order valence-corrected chi connectivity index (χ2v) is 6.80. The highest BCUT2D eigenvalue weighted by Gasteiger charge is 2.39. The lowest BCUT2D eigenvalue weighted by Gasteiger charge is -2.28. The normalized spacial score (nSPS) is 11.2. The Morgan fingerprint density at radius 1 is 1.00 bits per heavy atom. The van der Waals surface area contributed by atoms with Crippen molar-refractivity contribution in [1.82, 2.24) is 10.6 Å². The van der Waals surface area contributed by atoms with Crippen molar-refractivity contribution in [3.05, 3.63) is 0 Å². The molecule has 0 aliphatic carbocycles. The zero-order chi connectivity index (χ0) is 16.1. The van der Waals surface area contributed by atoms with E-state index in [1.807, 2.05) is 20.8 Å². The fourth-order valence-electron chi connectivity index (χ4n) is 1.72. The molecule has 0 aliphatic heterocycles. The minimum atomic E-state index is -2.68. The van der Waals surface area contributed by atoms with Crippen molar-refractivity contribution in [3.63, 3.8) is 0 Å². The average molecular weight is 321 g/mol. The minimum Gasteiger partial charge on any atom is -0.548 e. The molecule has 21 heavy (non-hydrogen) atoms. The fraction of sp³-hybridized carbons (Fsp3) is 0.833. The van der Waals surface area contributed by atoms with Crippen LogP contribution >= 0.6 is 0 Å². The first-order valence-electron chi connectivity index (χ1n) is 7.13. The number of amides is 2. The summed E-state index contributed by atoms with van der Waals surface area (Å²) in [4.78, 5) is 21.4. The Labute approximate surface area is 126 Å². The van der Waals surface area contributed by atoms with Gasteiger partial charge in [-0.2, -0.15) is 0 Å². The van der Waals surface area contributed by atoms with Crippen LogP contribution in [0.2, 0.25) is 6.04 Å². The smallest absolute Gasteiger partial charge is 0.500 e. The van der Waals surface area contributed by atoms with E-state index in [1.54, 1.807) is 0 Å². The van der Waals surface area contributed by atoms with Crippen LogP contribution < -0.4 is 15.7 Å². The molecule has 0 spiro atoms. The van der Waals surface area contributed by atoms with Gasteiger partial charge in [0.2, 0.25) is 0 Å². The number of rotatable bonds is 12. The molecule has 0 radical (unpaired) electrons. The number of carboxylic acids is 1. The average Bonchev–Trinajstić information content (AvgIpc) is 2.42. The van der Waals surface area contributed by atoms with Crippen molar-refractivity contribution < 1.29 is 28.0 Å². The third kappa shape index (κ3) is 9.40. The van der Waals surface area contributed by atoms with Gasteiger partial charge in [0, 0.05) is 32.4 Å². The highest BCUT2D eigenvalue weighted by atomic mass is 28.4. The van der Waals surface area contributed by atoms with E-state index in [9.17, 15) is 14.7 Å². The first kappa shape index (κ1) is 19.8. The summed E-state index contributed by atoms with van der Waals surface area (Å²) < 4.78 is 17.0. The molecule has 0 atom stereocenters. The van der Waals surface area contributed by atoms with Crippen LogP contribution in [0.25, 0.3) is 0 Å². The summed E-state index contributed by atoms with van der Waals surface area (Å²) in [5.41, 5.74) is 0. The molecule has 0 heterocycles. The Balaban J connectivity index is 4.11. The molecule has 0 aliphatic rings. The number of carboxylic acid groups (broad SMARTS) is 1. The van der Waals surface area contributed by atoms with E-state index < -0.39 is 27.3 Å². The molecule has 2 N–H and O–H groups in total. The third-order valence-corrected chi connectivity index (χ3v) is 5.58. The monoisotopic (exact) mass is 321 g/mol. The molecule has 0 rings (SSSR count). The minimum absolute atomic E-state index is 0.376. The zero-order valence-corrected chi connectivity index (χ0v) is 13.9. The topological polar surface area (TPSA) is 109 Å². The summed E-state index contributed by atoms with van der Waals surface area (Å²) in [6.45, 7) is 7.02. The van der Waals surface area contributed by atoms with Gasteiger partial charge >= 0.3 is 14.8 Å². The van der Waals surface area contributed by atoms with Crippen LogP contribution in [0.15, 0.2) is 0 Å². The van der Waals surface area contributed by atoms with Crippen LogP contribution in [0.5, 0.6) is 0 Å². The number of carbonyl (C=O) groups excluding carboxylic acids is 2. The molecule has 0 saturated heterocycles. The lowest BCUT2D eigenvalue weighted by molar-refractivity contribution is -0.303. The van der Waals surface area contributed by atoms with Crippen molar-refractivity contribution in [2.45, 2.75) is 33.2 Å². The van der Waals surface area contributed by atoms with Gasteiger partial charge in [0.15, 0.2) is 0 Å². The van der Waals surface area contributed by atoms with Crippen LogP contribution in [0.1, 0.15) is 27.2 Å². The van der Waals surface area contributed by atoms with Gasteiger partial charge in [-0.25, -0.2) is 4.79 Å². The quantitative estimate of drug-likeness (QED) is 0.369. The van der Waals surface area contributed by atoms with Crippen LogP contribution in [0.3, 0.4) is 0 Å². The largest absolute Gasteiger partial charge is 0.548 e. The third-order valence-electron chi connectivity index (χ3n) is 2.43. The van der Waals surface area contributed by atoms with E-state index >= 15 is 0 Å². The molecule has 0 bridgehead atoms. The van der Waals surface area contributed by atoms with E-state index in [-0.39, 0.29) is 0 Å². The molecule has 8 nitrogen and oxygen atoms in total. The van der Waals surface area contributed by atoms with E-state index in [4.69, 9.17) is 13.3 Å². The van der Waals surface area contributed by atoms with Crippen molar-refractivity contribution in [1.29, 1.82) is 0 Å². The Bertz CT molecular complexity index is 299. The predicted molar refractivity (Wildman–Crippen MR) is 76.5 cm³/mol. The fourth-order valence-corrected chi connectivity index (χ4v) is 4.34. The molecule has 0 aromatic heterocycles. The summed E-state index contributed by atoms with van der Waals surface area (Å²) in [6, 6.07) is 0.0409. The second kappa shape index (κ2) is 11.5. The first-order valence-corrected chi connectivity index (χ1v) is 9.06. The lowest BCUT2D eigenvalue weighted by Crippen LogP contribution is -2.47. The Morgan fingerprint density at radius 2 is 1.52 bits per heavy atom. The molecule has 0 fully saturated rings. The Hall–Kier alpha value is -1.16. The van der Waals surface area contributed by atoms with Crippen molar-refractivity contribution >= 4 is 20.8 Å². The van der Waals surface area contributed by atoms with Crippen LogP contribution in [0, 0.1) is 0 Å². The van der Waals surface area contributed by atoms with Gasteiger partial charge in [0.1, 0.15) is 0 Å². The highest BCUT2D eigenvalue weighted by Crippen LogP contribution is 2.17. The summed E-state index contributed by atoms with van der Waals surface area (Å²) in [6.07, 6.45) is 0.616. The van der Waals surface area contributed by atoms with E-state index in [1.165, 1.54) is 0 Å². The standard InChI is InChI=1S/C12H26N2O6Si/c1-4-18-21(19-5-2,20-6-3)9-7-8-13-12(17)14-10-11(15)16/h4-10H2,1-3H3,(H,15,16)(H2,13,14,17)/p-1. The molecule has 9 heteroatoms. The molecule has 0 saturated carbocycles. The van der Waals surface area contributed by atoms with Crippen LogP contribution in [-0.4, -0.2) is 53.7 Å². The van der Waals surface area contributed by atoms with Gasteiger partial charge in [-0.15, -0.1) is 0 Å². The number of hydrogen-bond donors (Lipinski definition) is 2. The molecular weight excluding hydrogens is 296 g/mol. The number of aliphatic carboxylic acids is 1. The maximum atomic E-state index is 11.3. The first-order chi connectivity index (χ1) is 9.99. The summed E-state index contributed by atoms with van der Waals surface area (Å²) >= 11 is 0. The van der Waals surface area contributed by atoms with Gasteiger partial charge in [-0.05, 0) is 27.2 Å². The molecule has 0 unspecified atom stereocenters. The Morgan fingerprint density at radius 3 is 1.95 bits per heavy atom. The van der Waals surface area contributed by atoms with E-state index in [2.05, 4.69) is 10.6 Å².